The number of benzene rings is 1. The minimum absolute atomic E-state index is 0.112. The van der Waals surface area contributed by atoms with Gasteiger partial charge in [-0.05, 0) is 12.8 Å². The first kappa shape index (κ1) is 15.7. The van der Waals surface area contributed by atoms with E-state index in [0.29, 0.717) is 12.3 Å². The predicted molar refractivity (Wildman–Crippen MR) is 86.9 cm³/mol. The average molecular weight is 314 g/mol. The van der Waals surface area contributed by atoms with Crippen LogP contribution in [0.1, 0.15) is 42.6 Å². The van der Waals surface area contributed by atoms with Crippen LogP contribution >= 0.6 is 0 Å². The van der Waals surface area contributed by atoms with Crippen LogP contribution in [0.4, 0.5) is 0 Å². The molecule has 23 heavy (non-hydrogen) atoms. The summed E-state index contributed by atoms with van der Waals surface area (Å²) in [6, 6.07) is 11.2. The van der Waals surface area contributed by atoms with Crippen LogP contribution in [0.5, 0.6) is 0 Å². The van der Waals surface area contributed by atoms with Gasteiger partial charge in [-0.1, -0.05) is 54.8 Å². The van der Waals surface area contributed by atoms with Gasteiger partial charge in [-0.3, -0.25) is 4.79 Å². The van der Waals surface area contributed by atoms with Gasteiger partial charge in [-0.25, -0.2) is 0 Å². The second-order valence-corrected chi connectivity index (χ2v) is 6.34. The van der Waals surface area contributed by atoms with Crippen LogP contribution in [0.3, 0.4) is 0 Å². The predicted octanol–water partition coefficient (Wildman–Crippen LogP) is 3.01. The molecule has 5 heteroatoms. The van der Waals surface area contributed by atoms with Gasteiger partial charge in [-0.15, -0.1) is 0 Å². The van der Waals surface area contributed by atoms with Crippen molar-refractivity contribution < 1.29 is 14.4 Å². The Bertz CT molecular complexity index is 645. The van der Waals surface area contributed by atoms with Crippen LogP contribution in [0.2, 0.25) is 0 Å². The van der Waals surface area contributed by atoms with Crippen LogP contribution in [0, 0.1) is 5.41 Å². The molecule has 0 aliphatic heterocycles. The van der Waals surface area contributed by atoms with Gasteiger partial charge in [0.15, 0.2) is 11.5 Å². The Balaban J connectivity index is 1.63. The van der Waals surface area contributed by atoms with Gasteiger partial charge >= 0.3 is 0 Å². The Morgan fingerprint density at radius 3 is 2.65 bits per heavy atom. The van der Waals surface area contributed by atoms with Crippen molar-refractivity contribution in [1.29, 1.82) is 0 Å². The van der Waals surface area contributed by atoms with Gasteiger partial charge in [0.2, 0.25) is 0 Å². The number of amides is 1. The Morgan fingerprint density at radius 2 is 1.96 bits per heavy atom. The first-order valence-corrected chi connectivity index (χ1v) is 8.14. The third-order valence-electron chi connectivity index (χ3n) is 4.67. The normalized spacial score (nSPS) is 16.9. The Labute approximate surface area is 135 Å². The minimum atomic E-state index is -0.255. The number of aliphatic hydroxyl groups is 1. The summed E-state index contributed by atoms with van der Waals surface area (Å²) in [5.41, 5.74) is 0.978. The van der Waals surface area contributed by atoms with Crippen molar-refractivity contribution in [2.45, 2.75) is 32.1 Å². The number of hydrogen-bond acceptors (Lipinski definition) is 4. The van der Waals surface area contributed by atoms with Gasteiger partial charge in [0.1, 0.15) is 0 Å². The standard InChI is InChI=1S/C18H22N2O3/c21-13-18(9-5-2-6-10-18)12-19-17(22)15-11-16(23-20-15)14-7-3-1-4-8-14/h1,3-4,7-8,11,21H,2,5-6,9-10,12-13H2,(H,19,22). The summed E-state index contributed by atoms with van der Waals surface area (Å²) in [5.74, 6) is 0.319. The van der Waals surface area contributed by atoms with Gasteiger partial charge in [0.05, 0.1) is 6.61 Å². The summed E-state index contributed by atoms with van der Waals surface area (Å²) in [7, 11) is 0. The first-order chi connectivity index (χ1) is 11.2. The van der Waals surface area contributed by atoms with Crippen molar-refractivity contribution in [3.8, 4) is 11.3 Å². The molecule has 122 valence electrons. The number of hydrogen-bond donors (Lipinski definition) is 2. The Morgan fingerprint density at radius 1 is 1.22 bits per heavy atom. The fourth-order valence-electron chi connectivity index (χ4n) is 3.17. The largest absolute Gasteiger partial charge is 0.396 e. The van der Waals surface area contributed by atoms with Gasteiger partial charge in [-0.2, -0.15) is 0 Å². The molecule has 1 saturated carbocycles. The molecule has 1 heterocycles. The van der Waals surface area contributed by atoms with Crippen LogP contribution in [-0.4, -0.2) is 29.3 Å². The molecule has 1 aliphatic carbocycles. The summed E-state index contributed by atoms with van der Waals surface area (Å²) in [5, 5.41) is 16.5. The van der Waals surface area contributed by atoms with E-state index in [-0.39, 0.29) is 23.6 Å². The number of nitrogens with zero attached hydrogens (tertiary/aromatic N) is 1. The maximum absolute atomic E-state index is 12.3. The molecular formula is C18H22N2O3. The molecule has 0 saturated heterocycles. The highest BCUT2D eigenvalue weighted by molar-refractivity contribution is 5.93. The van der Waals surface area contributed by atoms with Crippen molar-refractivity contribution in [3.63, 3.8) is 0 Å². The van der Waals surface area contributed by atoms with E-state index < -0.39 is 0 Å². The smallest absolute Gasteiger partial charge is 0.273 e. The zero-order valence-electron chi connectivity index (χ0n) is 13.1. The molecule has 0 radical (unpaired) electrons. The maximum atomic E-state index is 12.3. The summed E-state index contributed by atoms with van der Waals surface area (Å²) < 4.78 is 5.25. The number of carbonyl (C=O) groups is 1. The molecule has 0 bridgehead atoms. The molecule has 0 unspecified atom stereocenters. The van der Waals surface area contributed by atoms with Crippen LogP contribution < -0.4 is 5.32 Å². The van der Waals surface area contributed by atoms with Crippen molar-refractivity contribution in [1.82, 2.24) is 10.5 Å². The molecule has 1 aromatic heterocycles. The van der Waals surface area contributed by atoms with E-state index >= 15 is 0 Å². The molecule has 1 aromatic carbocycles. The Hall–Kier alpha value is -2.14. The third kappa shape index (κ3) is 3.62. The fraction of sp³-hybridized carbons (Fsp3) is 0.444. The van der Waals surface area contributed by atoms with Crippen molar-refractivity contribution >= 4 is 5.91 Å². The zero-order valence-corrected chi connectivity index (χ0v) is 13.1. The quantitative estimate of drug-likeness (QED) is 0.889. The summed E-state index contributed by atoms with van der Waals surface area (Å²) in [6.45, 7) is 0.594. The van der Waals surface area contributed by atoms with Crippen LogP contribution in [0.15, 0.2) is 40.9 Å². The van der Waals surface area contributed by atoms with Crippen molar-refractivity contribution in [2.75, 3.05) is 13.2 Å². The van der Waals surface area contributed by atoms with E-state index in [1.54, 1.807) is 6.07 Å². The zero-order chi connectivity index (χ0) is 16.1. The summed E-state index contributed by atoms with van der Waals surface area (Å²) in [4.78, 5) is 12.3. The highest BCUT2D eigenvalue weighted by Gasteiger charge is 2.32. The Kier molecular flexibility index (Phi) is 4.76. The van der Waals surface area contributed by atoms with E-state index in [4.69, 9.17) is 4.52 Å². The number of nitrogens with one attached hydrogen (secondary N) is 1. The average Bonchev–Trinajstić information content (AvgIpc) is 3.11. The number of aliphatic hydroxyl groups excluding tert-OH is 1. The molecule has 5 nitrogen and oxygen atoms in total. The lowest BCUT2D eigenvalue weighted by atomic mass is 9.74. The van der Waals surface area contributed by atoms with Crippen molar-refractivity contribution in [3.05, 3.63) is 42.1 Å². The summed E-state index contributed by atoms with van der Waals surface area (Å²) >= 11 is 0. The summed E-state index contributed by atoms with van der Waals surface area (Å²) in [6.07, 6.45) is 5.34. The first-order valence-electron chi connectivity index (χ1n) is 8.14. The molecule has 1 amide bonds. The minimum Gasteiger partial charge on any atom is -0.396 e. The molecule has 2 N–H and O–H groups in total. The van der Waals surface area contributed by atoms with E-state index in [2.05, 4.69) is 10.5 Å². The van der Waals surface area contributed by atoms with Crippen molar-refractivity contribution in [2.24, 2.45) is 5.41 Å². The fourth-order valence-corrected chi connectivity index (χ4v) is 3.17. The lowest BCUT2D eigenvalue weighted by Gasteiger charge is -2.35. The number of carbonyl (C=O) groups excluding carboxylic acids is 1. The highest BCUT2D eigenvalue weighted by atomic mass is 16.5. The van der Waals surface area contributed by atoms with Gasteiger partial charge in [0.25, 0.3) is 5.91 Å². The monoisotopic (exact) mass is 314 g/mol. The third-order valence-corrected chi connectivity index (χ3v) is 4.67. The van der Waals surface area contributed by atoms with Crippen LogP contribution in [-0.2, 0) is 0 Å². The SMILES string of the molecule is O=C(NCC1(CO)CCCCC1)c1cc(-c2ccccc2)on1. The molecule has 1 fully saturated rings. The number of rotatable bonds is 5. The lowest BCUT2D eigenvalue weighted by molar-refractivity contribution is 0.0713. The number of aromatic nitrogens is 1. The lowest BCUT2D eigenvalue weighted by Crippen LogP contribution is -2.41. The van der Waals surface area contributed by atoms with Gasteiger partial charge in [0, 0.05) is 23.6 Å². The molecule has 2 aromatic rings. The molecule has 3 rings (SSSR count). The van der Waals surface area contributed by atoms with E-state index in [1.165, 1.54) is 6.42 Å². The van der Waals surface area contributed by atoms with E-state index in [1.807, 2.05) is 30.3 Å². The molecule has 0 atom stereocenters. The van der Waals surface area contributed by atoms with E-state index in [0.717, 1.165) is 31.2 Å². The van der Waals surface area contributed by atoms with E-state index in [9.17, 15) is 9.90 Å². The van der Waals surface area contributed by atoms with Crippen LogP contribution in [0.25, 0.3) is 11.3 Å². The molecule has 1 aliphatic rings. The second kappa shape index (κ2) is 6.96. The highest BCUT2D eigenvalue weighted by Crippen LogP contribution is 2.35. The topological polar surface area (TPSA) is 75.4 Å². The molecule has 0 spiro atoms. The van der Waals surface area contributed by atoms with Gasteiger partial charge < -0.3 is 14.9 Å². The second-order valence-electron chi connectivity index (χ2n) is 6.34. The maximum Gasteiger partial charge on any atom is 0.273 e. The molecular weight excluding hydrogens is 292 g/mol.